The van der Waals surface area contributed by atoms with Gasteiger partial charge in [-0.15, -0.1) is 0 Å². The summed E-state index contributed by atoms with van der Waals surface area (Å²) in [7, 11) is 0. The van der Waals surface area contributed by atoms with E-state index in [-0.39, 0.29) is 0 Å². The number of nitrogens with one attached hydrogen (secondary N) is 1. The highest BCUT2D eigenvalue weighted by atomic mass is 79.9. The second-order valence-corrected chi connectivity index (χ2v) is 7.50. The molecule has 0 aliphatic heterocycles. The van der Waals surface area contributed by atoms with E-state index in [0.717, 1.165) is 23.5 Å². The molecule has 1 saturated carbocycles. The Bertz CT molecular complexity index is 608. The Morgan fingerprint density at radius 2 is 1.86 bits per heavy atom. The van der Waals surface area contributed by atoms with Crippen molar-refractivity contribution in [3.05, 3.63) is 68.6 Å². The van der Waals surface area contributed by atoms with Crippen LogP contribution in [-0.2, 0) is 6.42 Å². The van der Waals surface area contributed by atoms with Gasteiger partial charge in [0.25, 0.3) is 0 Å². The quantitative estimate of drug-likeness (QED) is 0.684. The molecule has 3 heteroatoms. The van der Waals surface area contributed by atoms with Gasteiger partial charge < -0.3 is 5.32 Å². The summed E-state index contributed by atoms with van der Waals surface area (Å²) in [5.41, 5.74) is 2.77. The third-order valence-corrected chi connectivity index (χ3v) is 5.24. The molecular weight excluding hydrogens is 390 g/mol. The Balaban J connectivity index is 1.79. The van der Waals surface area contributed by atoms with Crippen molar-refractivity contribution in [3.63, 3.8) is 0 Å². The highest BCUT2D eigenvalue weighted by molar-refractivity contribution is 9.10. The molecule has 3 rings (SSSR count). The maximum absolute atomic E-state index is 3.68. The van der Waals surface area contributed by atoms with Gasteiger partial charge in [-0.1, -0.05) is 62.2 Å². The Kier molecular flexibility index (Phi) is 5.15. The molecule has 0 radical (unpaired) electrons. The average molecular weight is 409 g/mol. The van der Waals surface area contributed by atoms with E-state index < -0.39 is 0 Å². The molecule has 1 fully saturated rings. The van der Waals surface area contributed by atoms with E-state index in [0.29, 0.717) is 5.92 Å². The summed E-state index contributed by atoms with van der Waals surface area (Å²) in [6, 6.07) is 18.0. The molecule has 110 valence electrons. The van der Waals surface area contributed by atoms with Crippen LogP contribution in [0.5, 0.6) is 0 Å². The van der Waals surface area contributed by atoms with Crippen LogP contribution in [0.2, 0.25) is 0 Å². The predicted octanol–water partition coefficient (Wildman–Crippen LogP) is 5.29. The molecule has 0 saturated heterocycles. The predicted molar refractivity (Wildman–Crippen MR) is 95.8 cm³/mol. The van der Waals surface area contributed by atoms with Crippen LogP contribution in [0, 0.1) is 0 Å². The standard InChI is InChI=1S/C18H19Br2N/c19-16-6-3-5-13(11-16)15(12-21-17-8-9-17)10-14-4-1-2-7-18(14)20/h1-7,11,15,17,21H,8-10,12H2. The fourth-order valence-corrected chi connectivity index (χ4v) is 3.46. The zero-order valence-electron chi connectivity index (χ0n) is 11.9. The summed E-state index contributed by atoms with van der Waals surface area (Å²) >= 11 is 7.27. The van der Waals surface area contributed by atoms with Crippen LogP contribution in [0.4, 0.5) is 0 Å². The van der Waals surface area contributed by atoms with E-state index in [2.05, 4.69) is 85.7 Å². The van der Waals surface area contributed by atoms with E-state index in [1.165, 1.54) is 28.4 Å². The smallest absolute Gasteiger partial charge is 0.0207 e. The van der Waals surface area contributed by atoms with Crippen LogP contribution < -0.4 is 5.32 Å². The first-order valence-corrected chi connectivity index (χ1v) is 9.03. The Labute approximate surface area is 143 Å². The highest BCUT2D eigenvalue weighted by Crippen LogP contribution is 2.28. The molecule has 21 heavy (non-hydrogen) atoms. The van der Waals surface area contributed by atoms with Crippen molar-refractivity contribution >= 4 is 31.9 Å². The van der Waals surface area contributed by atoms with Gasteiger partial charge in [0, 0.05) is 27.4 Å². The molecule has 1 aliphatic carbocycles. The topological polar surface area (TPSA) is 12.0 Å². The fourth-order valence-electron chi connectivity index (χ4n) is 2.59. The minimum absolute atomic E-state index is 0.502. The van der Waals surface area contributed by atoms with Gasteiger partial charge >= 0.3 is 0 Å². The van der Waals surface area contributed by atoms with E-state index >= 15 is 0 Å². The first kappa shape index (κ1) is 15.3. The highest BCUT2D eigenvalue weighted by Gasteiger charge is 2.23. The Morgan fingerprint density at radius 1 is 1.05 bits per heavy atom. The fraction of sp³-hybridized carbons (Fsp3) is 0.333. The van der Waals surface area contributed by atoms with E-state index in [1.54, 1.807) is 0 Å². The van der Waals surface area contributed by atoms with Gasteiger partial charge in [0.05, 0.1) is 0 Å². The van der Waals surface area contributed by atoms with Crippen LogP contribution in [0.25, 0.3) is 0 Å². The first-order chi connectivity index (χ1) is 10.2. The number of hydrogen-bond acceptors (Lipinski definition) is 1. The molecule has 1 nitrogen and oxygen atoms in total. The maximum atomic E-state index is 3.68. The van der Waals surface area contributed by atoms with E-state index in [1.807, 2.05) is 0 Å². The number of hydrogen-bond donors (Lipinski definition) is 1. The van der Waals surface area contributed by atoms with Gasteiger partial charge in [-0.05, 0) is 48.6 Å². The molecule has 0 amide bonds. The van der Waals surface area contributed by atoms with Crippen molar-refractivity contribution in [3.8, 4) is 0 Å². The number of benzene rings is 2. The molecule has 0 spiro atoms. The zero-order chi connectivity index (χ0) is 14.7. The summed E-state index contributed by atoms with van der Waals surface area (Å²) in [6.45, 7) is 1.04. The molecule has 0 aromatic heterocycles. The normalized spacial score (nSPS) is 15.9. The van der Waals surface area contributed by atoms with Crippen molar-refractivity contribution < 1.29 is 0 Å². The Morgan fingerprint density at radius 3 is 2.57 bits per heavy atom. The molecule has 1 aliphatic rings. The molecule has 2 aromatic carbocycles. The van der Waals surface area contributed by atoms with Crippen LogP contribution in [0.15, 0.2) is 57.5 Å². The largest absolute Gasteiger partial charge is 0.313 e. The maximum Gasteiger partial charge on any atom is 0.0207 e. The van der Waals surface area contributed by atoms with Crippen molar-refractivity contribution in [1.82, 2.24) is 5.32 Å². The molecule has 0 heterocycles. The van der Waals surface area contributed by atoms with Gasteiger partial charge in [-0.25, -0.2) is 0 Å². The monoisotopic (exact) mass is 407 g/mol. The summed E-state index contributed by atoms with van der Waals surface area (Å²) in [5.74, 6) is 0.502. The summed E-state index contributed by atoms with van der Waals surface area (Å²) in [6.07, 6.45) is 3.72. The lowest BCUT2D eigenvalue weighted by Crippen LogP contribution is -2.25. The second-order valence-electron chi connectivity index (χ2n) is 5.73. The van der Waals surface area contributed by atoms with Crippen LogP contribution >= 0.6 is 31.9 Å². The summed E-state index contributed by atoms with van der Waals surface area (Å²) in [5, 5.41) is 3.68. The van der Waals surface area contributed by atoms with Gasteiger partial charge in [-0.2, -0.15) is 0 Å². The Hall–Kier alpha value is -0.640. The molecule has 1 unspecified atom stereocenters. The summed E-state index contributed by atoms with van der Waals surface area (Å²) < 4.78 is 2.36. The minimum atomic E-state index is 0.502. The van der Waals surface area contributed by atoms with Crippen molar-refractivity contribution in [2.24, 2.45) is 0 Å². The molecular formula is C18H19Br2N. The van der Waals surface area contributed by atoms with Crippen LogP contribution in [-0.4, -0.2) is 12.6 Å². The lowest BCUT2D eigenvalue weighted by molar-refractivity contribution is 0.576. The third-order valence-electron chi connectivity index (χ3n) is 3.97. The molecule has 1 atom stereocenters. The van der Waals surface area contributed by atoms with Gasteiger partial charge in [0.1, 0.15) is 0 Å². The van der Waals surface area contributed by atoms with Crippen LogP contribution in [0.3, 0.4) is 0 Å². The molecule has 1 N–H and O–H groups in total. The molecule has 0 bridgehead atoms. The lowest BCUT2D eigenvalue weighted by Gasteiger charge is -2.19. The zero-order valence-corrected chi connectivity index (χ0v) is 15.0. The van der Waals surface area contributed by atoms with Gasteiger partial charge in [0.2, 0.25) is 0 Å². The summed E-state index contributed by atoms with van der Waals surface area (Å²) in [4.78, 5) is 0. The third kappa shape index (κ3) is 4.41. The SMILES string of the molecule is Brc1cccc(C(CNC2CC2)Cc2ccccc2Br)c1. The van der Waals surface area contributed by atoms with Crippen molar-refractivity contribution in [2.75, 3.05) is 6.54 Å². The van der Waals surface area contributed by atoms with E-state index in [9.17, 15) is 0 Å². The molecule has 2 aromatic rings. The first-order valence-electron chi connectivity index (χ1n) is 7.44. The second kappa shape index (κ2) is 7.08. The minimum Gasteiger partial charge on any atom is -0.313 e. The average Bonchev–Trinajstić information content (AvgIpc) is 3.29. The van der Waals surface area contributed by atoms with Gasteiger partial charge in [-0.3, -0.25) is 0 Å². The van der Waals surface area contributed by atoms with Crippen LogP contribution in [0.1, 0.15) is 29.9 Å². The lowest BCUT2D eigenvalue weighted by atomic mass is 9.92. The van der Waals surface area contributed by atoms with Crippen molar-refractivity contribution in [1.29, 1.82) is 0 Å². The van der Waals surface area contributed by atoms with Crippen molar-refractivity contribution in [2.45, 2.75) is 31.2 Å². The van der Waals surface area contributed by atoms with Gasteiger partial charge in [0.15, 0.2) is 0 Å². The van der Waals surface area contributed by atoms with E-state index in [4.69, 9.17) is 0 Å². The number of rotatable bonds is 6. The number of halogens is 2.